The molecule has 1 aromatic carbocycles. The molecule has 2 fully saturated rings. The maximum absolute atomic E-state index is 12.9. The monoisotopic (exact) mass is 407 g/mol. The van der Waals surface area contributed by atoms with Gasteiger partial charge in [-0.15, -0.1) is 12.4 Å². The normalized spacial score (nSPS) is 24.5. The molecule has 1 saturated heterocycles. The van der Waals surface area contributed by atoms with E-state index in [2.05, 4.69) is 15.6 Å². The van der Waals surface area contributed by atoms with Gasteiger partial charge in [-0.05, 0) is 48.6 Å². The van der Waals surface area contributed by atoms with Crippen LogP contribution in [0.15, 0.2) is 42.6 Å². The van der Waals surface area contributed by atoms with E-state index in [0.29, 0.717) is 29.6 Å². The average molecular weight is 408 g/mol. The van der Waals surface area contributed by atoms with Crippen LogP contribution in [0.5, 0.6) is 11.6 Å². The van der Waals surface area contributed by atoms with Crippen molar-refractivity contribution in [2.75, 3.05) is 19.8 Å². The molecule has 0 bridgehead atoms. The van der Waals surface area contributed by atoms with Crippen LogP contribution in [0.3, 0.4) is 0 Å². The molecule has 2 heterocycles. The smallest absolute Gasteiger partial charge is 0.219 e. The lowest BCUT2D eigenvalue weighted by molar-refractivity contribution is 0.0524. The summed E-state index contributed by atoms with van der Waals surface area (Å²) in [4.78, 5) is 4.36. The summed E-state index contributed by atoms with van der Waals surface area (Å²) in [6, 6.07) is 10.8. The van der Waals surface area contributed by atoms with Gasteiger partial charge in [0.1, 0.15) is 11.6 Å². The molecule has 2 aromatic rings. The molecule has 1 aromatic heterocycles. The molecule has 1 saturated carbocycles. The molecular formula is C21H27ClFN3O2. The Kier molecular flexibility index (Phi) is 7.62. The predicted molar refractivity (Wildman–Crippen MR) is 109 cm³/mol. The third kappa shape index (κ3) is 5.41. The van der Waals surface area contributed by atoms with Gasteiger partial charge in [0.2, 0.25) is 5.88 Å². The molecular weight excluding hydrogens is 381 g/mol. The van der Waals surface area contributed by atoms with Gasteiger partial charge in [-0.25, -0.2) is 9.37 Å². The van der Waals surface area contributed by atoms with Crippen LogP contribution < -0.4 is 15.4 Å². The fourth-order valence-corrected chi connectivity index (χ4v) is 4.03. The molecule has 0 spiro atoms. The number of hydrogen-bond acceptors (Lipinski definition) is 5. The van der Waals surface area contributed by atoms with E-state index in [1.807, 2.05) is 18.3 Å². The quantitative estimate of drug-likeness (QED) is 0.765. The maximum Gasteiger partial charge on any atom is 0.219 e. The van der Waals surface area contributed by atoms with E-state index >= 15 is 0 Å². The highest BCUT2D eigenvalue weighted by Gasteiger charge is 2.34. The molecule has 3 unspecified atom stereocenters. The minimum atomic E-state index is -0.281. The lowest BCUT2D eigenvalue weighted by Crippen LogP contribution is -2.50. The van der Waals surface area contributed by atoms with Crippen LogP contribution >= 0.6 is 12.4 Å². The van der Waals surface area contributed by atoms with Crippen molar-refractivity contribution in [2.24, 2.45) is 5.92 Å². The summed E-state index contributed by atoms with van der Waals surface area (Å²) in [6.45, 7) is 3.38. The first kappa shape index (κ1) is 21.0. The van der Waals surface area contributed by atoms with Crippen molar-refractivity contribution in [3.63, 3.8) is 0 Å². The van der Waals surface area contributed by atoms with E-state index in [9.17, 15) is 4.39 Å². The third-order valence-electron chi connectivity index (χ3n) is 5.44. The molecule has 1 aliphatic carbocycles. The predicted octanol–water partition coefficient (Wildman–Crippen LogP) is 3.68. The number of pyridine rings is 1. The van der Waals surface area contributed by atoms with Gasteiger partial charge in [-0.2, -0.15) is 0 Å². The van der Waals surface area contributed by atoms with E-state index in [4.69, 9.17) is 9.47 Å². The molecule has 3 atom stereocenters. The second-order valence-corrected chi connectivity index (χ2v) is 7.28. The minimum Gasteiger partial charge on any atom is -0.439 e. The zero-order valence-corrected chi connectivity index (χ0v) is 16.6. The molecule has 2 aliphatic rings. The summed E-state index contributed by atoms with van der Waals surface area (Å²) in [6.07, 6.45) is 5.56. The van der Waals surface area contributed by atoms with Crippen LogP contribution in [-0.2, 0) is 11.3 Å². The number of hydrogen-bond donors (Lipinski definition) is 2. The lowest BCUT2D eigenvalue weighted by atomic mass is 9.94. The number of morpholine rings is 1. The summed E-state index contributed by atoms with van der Waals surface area (Å²) in [5.74, 6) is 1.43. The Morgan fingerprint density at radius 1 is 1.18 bits per heavy atom. The molecule has 28 heavy (non-hydrogen) atoms. The van der Waals surface area contributed by atoms with Crippen LogP contribution in [0.25, 0.3) is 0 Å². The van der Waals surface area contributed by atoms with E-state index in [0.717, 1.165) is 31.9 Å². The van der Waals surface area contributed by atoms with Gasteiger partial charge in [0.25, 0.3) is 0 Å². The minimum absolute atomic E-state index is 0. The molecule has 0 radical (unpaired) electrons. The van der Waals surface area contributed by atoms with Crippen molar-refractivity contribution in [1.29, 1.82) is 0 Å². The van der Waals surface area contributed by atoms with Crippen molar-refractivity contribution < 1.29 is 13.9 Å². The third-order valence-corrected chi connectivity index (χ3v) is 5.44. The summed E-state index contributed by atoms with van der Waals surface area (Å²) in [5, 5.41) is 7.31. The number of nitrogens with one attached hydrogen (secondary N) is 2. The SMILES string of the molecule is Cl.Fc1ccc(Oc2ccc(CNC3CCCC3C3COCCN3)cn2)cc1. The van der Waals surface area contributed by atoms with Crippen molar-refractivity contribution >= 4 is 12.4 Å². The standard InChI is InChI=1S/C21H26FN3O2.ClH/c22-16-5-7-17(8-6-16)27-21-9-4-15(13-25-21)12-24-19-3-1-2-18(19)20-14-26-11-10-23-20;/h4-9,13,18-20,23-24H,1-3,10-12,14H2;1H. The van der Waals surface area contributed by atoms with Crippen LogP contribution in [0.4, 0.5) is 4.39 Å². The van der Waals surface area contributed by atoms with Crippen molar-refractivity contribution in [2.45, 2.75) is 37.9 Å². The average Bonchev–Trinajstić information content (AvgIpc) is 3.19. The second kappa shape index (κ2) is 10.2. The molecule has 2 N–H and O–H groups in total. The Bertz CT molecular complexity index is 723. The summed E-state index contributed by atoms with van der Waals surface area (Å²) >= 11 is 0. The summed E-state index contributed by atoms with van der Waals surface area (Å²) < 4.78 is 24.2. The Hall–Kier alpha value is -1.73. The van der Waals surface area contributed by atoms with Crippen molar-refractivity contribution in [3.8, 4) is 11.6 Å². The second-order valence-electron chi connectivity index (χ2n) is 7.28. The van der Waals surface area contributed by atoms with Crippen LogP contribution in [0.1, 0.15) is 24.8 Å². The first-order chi connectivity index (χ1) is 13.3. The summed E-state index contributed by atoms with van der Waals surface area (Å²) in [5.41, 5.74) is 1.12. The van der Waals surface area contributed by atoms with Crippen LogP contribution in [-0.4, -0.2) is 36.8 Å². The highest BCUT2D eigenvalue weighted by molar-refractivity contribution is 5.85. The Morgan fingerprint density at radius 3 is 2.75 bits per heavy atom. The van der Waals surface area contributed by atoms with Gasteiger partial charge >= 0.3 is 0 Å². The molecule has 5 nitrogen and oxygen atoms in total. The van der Waals surface area contributed by atoms with Gasteiger partial charge < -0.3 is 20.1 Å². The number of benzene rings is 1. The van der Waals surface area contributed by atoms with Crippen molar-refractivity contribution in [1.82, 2.24) is 15.6 Å². The van der Waals surface area contributed by atoms with Gasteiger partial charge in [-0.1, -0.05) is 12.5 Å². The number of aromatic nitrogens is 1. The molecule has 7 heteroatoms. The first-order valence-corrected chi connectivity index (χ1v) is 9.71. The van der Waals surface area contributed by atoms with Gasteiger partial charge in [0, 0.05) is 37.4 Å². The topological polar surface area (TPSA) is 55.4 Å². The zero-order chi connectivity index (χ0) is 18.5. The van der Waals surface area contributed by atoms with E-state index in [-0.39, 0.29) is 18.2 Å². The largest absolute Gasteiger partial charge is 0.439 e. The van der Waals surface area contributed by atoms with E-state index in [1.54, 1.807) is 12.1 Å². The molecule has 152 valence electrons. The molecule has 4 rings (SSSR count). The fourth-order valence-electron chi connectivity index (χ4n) is 4.03. The Balaban J connectivity index is 0.00000225. The molecule has 0 amide bonds. The number of ether oxygens (including phenoxy) is 2. The molecule has 1 aliphatic heterocycles. The van der Waals surface area contributed by atoms with Gasteiger partial charge in [0.05, 0.1) is 13.2 Å². The van der Waals surface area contributed by atoms with E-state index < -0.39 is 0 Å². The van der Waals surface area contributed by atoms with Crippen LogP contribution in [0.2, 0.25) is 0 Å². The number of nitrogens with zero attached hydrogens (tertiary/aromatic N) is 1. The fraction of sp³-hybridized carbons (Fsp3) is 0.476. The highest BCUT2D eigenvalue weighted by atomic mass is 35.5. The Labute approximate surface area is 171 Å². The maximum atomic E-state index is 12.9. The highest BCUT2D eigenvalue weighted by Crippen LogP contribution is 2.29. The number of rotatable bonds is 6. The Morgan fingerprint density at radius 2 is 2.04 bits per heavy atom. The summed E-state index contributed by atoms with van der Waals surface area (Å²) in [7, 11) is 0. The van der Waals surface area contributed by atoms with Crippen molar-refractivity contribution in [3.05, 3.63) is 54.0 Å². The van der Waals surface area contributed by atoms with Crippen LogP contribution in [0, 0.1) is 11.7 Å². The lowest BCUT2D eigenvalue weighted by Gasteiger charge is -2.33. The first-order valence-electron chi connectivity index (χ1n) is 9.71. The van der Waals surface area contributed by atoms with Gasteiger partial charge in [0.15, 0.2) is 0 Å². The zero-order valence-electron chi connectivity index (χ0n) is 15.8. The number of halogens is 2. The van der Waals surface area contributed by atoms with E-state index in [1.165, 1.54) is 31.4 Å². The van der Waals surface area contributed by atoms with Gasteiger partial charge in [-0.3, -0.25) is 0 Å².